The van der Waals surface area contributed by atoms with E-state index in [2.05, 4.69) is 32.9 Å². The van der Waals surface area contributed by atoms with E-state index in [1.807, 2.05) is 0 Å². The number of hydrogen-bond donors (Lipinski definition) is 0. The van der Waals surface area contributed by atoms with E-state index in [9.17, 15) is 0 Å². The van der Waals surface area contributed by atoms with Gasteiger partial charge in [0.05, 0.1) is 12.8 Å². The first-order valence-electron chi connectivity index (χ1n) is 4.18. The first kappa shape index (κ1) is 8.25. The van der Waals surface area contributed by atoms with Crippen molar-refractivity contribution in [2.45, 2.75) is 33.6 Å². The van der Waals surface area contributed by atoms with Gasteiger partial charge in [0.1, 0.15) is 0 Å². The molecule has 1 nitrogen and oxygen atoms in total. The number of hydrogen-bond acceptors (Lipinski definition) is 0. The van der Waals surface area contributed by atoms with Gasteiger partial charge in [-0.2, -0.15) is 0 Å². The lowest BCUT2D eigenvalue weighted by Crippen LogP contribution is -1.87. The summed E-state index contributed by atoms with van der Waals surface area (Å²) in [5, 5.41) is 0. The molecular weight excluding hydrogens is 136 g/mol. The molecule has 0 amide bonds. The van der Waals surface area contributed by atoms with Gasteiger partial charge < -0.3 is 0 Å². The van der Waals surface area contributed by atoms with Crippen LogP contribution in [0.1, 0.15) is 30.9 Å². The van der Waals surface area contributed by atoms with E-state index in [4.69, 9.17) is 4.42 Å². The predicted molar refractivity (Wildman–Crippen MR) is 46.6 cm³/mol. The Labute approximate surface area is 68.1 Å². The lowest BCUT2D eigenvalue weighted by atomic mass is 10.2. The van der Waals surface area contributed by atoms with E-state index in [1.54, 1.807) is 0 Å². The highest BCUT2D eigenvalue weighted by Gasteiger charge is 2.09. The predicted octanol–water partition coefficient (Wildman–Crippen LogP) is 2.99. The third kappa shape index (κ3) is 2.04. The van der Waals surface area contributed by atoms with Gasteiger partial charge >= 0.3 is 11.5 Å². The first-order valence-corrected chi connectivity index (χ1v) is 4.18. The fraction of sp³-hybridized carbons (Fsp3) is 0.500. The lowest BCUT2D eigenvalue weighted by molar-refractivity contribution is 0.454. The maximum atomic E-state index is 5.56. The molecule has 60 valence electrons. The highest BCUT2D eigenvalue weighted by Crippen LogP contribution is 2.10. The van der Waals surface area contributed by atoms with E-state index in [1.165, 1.54) is 5.56 Å². The van der Waals surface area contributed by atoms with Crippen molar-refractivity contribution in [2.75, 3.05) is 0 Å². The smallest absolute Gasteiger partial charge is 0.218 e. The molecule has 0 aliphatic heterocycles. The Hall–Kier alpha value is -0.850. The Morgan fingerprint density at radius 1 is 1.09 bits per heavy atom. The van der Waals surface area contributed by atoms with Gasteiger partial charge in [0, 0.05) is 12.1 Å². The van der Waals surface area contributed by atoms with Crippen LogP contribution in [0.3, 0.4) is 0 Å². The normalized spacial score (nSPS) is 10.1. The summed E-state index contributed by atoms with van der Waals surface area (Å²) in [6, 6.07) is 4.19. The summed E-state index contributed by atoms with van der Waals surface area (Å²) in [7, 11) is 0. The molecule has 11 heavy (non-hydrogen) atoms. The Balaban J connectivity index is 3.02. The number of rotatable bonds is 2. The van der Waals surface area contributed by atoms with Gasteiger partial charge in [-0.3, -0.25) is 0 Å². The van der Waals surface area contributed by atoms with Crippen LogP contribution in [-0.4, -0.2) is 0 Å². The van der Waals surface area contributed by atoms with Gasteiger partial charge in [-0.25, -0.2) is 4.42 Å². The standard InChI is InChI=1S/C10H15O/c1-4-9-6-8(3)7-10(5-2)11-9/h6-7H,4-5H2,1-3H3/q+1. The van der Waals surface area contributed by atoms with Crippen molar-refractivity contribution < 1.29 is 4.42 Å². The second kappa shape index (κ2) is 3.51. The number of aryl methyl sites for hydroxylation is 3. The summed E-state index contributed by atoms with van der Waals surface area (Å²) in [5.74, 6) is 2.17. The summed E-state index contributed by atoms with van der Waals surface area (Å²) in [4.78, 5) is 0. The molecule has 0 aliphatic rings. The van der Waals surface area contributed by atoms with Gasteiger partial charge in [0.2, 0.25) is 0 Å². The van der Waals surface area contributed by atoms with Crippen molar-refractivity contribution in [3.8, 4) is 0 Å². The zero-order chi connectivity index (χ0) is 8.27. The van der Waals surface area contributed by atoms with Gasteiger partial charge in [0.15, 0.2) is 0 Å². The van der Waals surface area contributed by atoms with Crippen molar-refractivity contribution in [3.05, 3.63) is 29.2 Å². The molecule has 0 fully saturated rings. The second-order valence-corrected chi connectivity index (χ2v) is 2.77. The van der Waals surface area contributed by atoms with Gasteiger partial charge in [-0.1, -0.05) is 13.8 Å². The summed E-state index contributed by atoms with van der Waals surface area (Å²) in [5.41, 5.74) is 1.30. The van der Waals surface area contributed by atoms with E-state index in [0.29, 0.717) is 0 Å². The van der Waals surface area contributed by atoms with E-state index in [-0.39, 0.29) is 0 Å². The summed E-state index contributed by atoms with van der Waals surface area (Å²) < 4.78 is 5.56. The summed E-state index contributed by atoms with van der Waals surface area (Å²) in [6.45, 7) is 6.32. The molecule has 0 saturated heterocycles. The fourth-order valence-corrected chi connectivity index (χ4v) is 1.13. The molecule has 0 spiro atoms. The maximum absolute atomic E-state index is 5.56. The molecule has 0 aliphatic carbocycles. The largest absolute Gasteiger partial charge is 0.329 e. The van der Waals surface area contributed by atoms with Crippen LogP contribution in [0, 0.1) is 6.92 Å². The molecule has 1 heterocycles. The monoisotopic (exact) mass is 151 g/mol. The Morgan fingerprint density at radius 3 is 1.91 bits per heavy atom. The molecule has 1 rings (SSSR count). The quantitative estimate of drug-likeness (QED) is 0.591. The van der Waals surface area contributed by atoms with Crippen molar-refractivity contribution in [3.63, 3.8) is 0 Å². The average molecular weight is 151 g/mol. The molecule has 0 unspecified atom stereocenters. The third-order valence-electron chi connectivity index (χ3n) is 1.74. The highest BCUT2D eigenvalue weighted by atomic mass is 16.3. The Kier molecular flexibility index (Phi) is 2.64. The van der Waals surface area contributed by atoms with Crippen LogP contribution in [-0.2, 0) is 12.8 Å². The van der Waals surface area contributed by atoms with Crippen molar-refractivity contribution in [1.82, 2.24) is 0 Å². The highest BCUT2D eigenvalue weighted by molar-refractivity contribution is 5.16. The fourth-order valence-electron chi connectivity index (χ4n) is 1.13. The molecule has 1 aromatic rings. The molecule has 0 N–H and O–H groups in total. The van der Waals surface area contributed by atoms with Gasteiger partial charge in [-0.15, -0.1) is 0 Å². The summed E-state index contributed by atoms with van der Waals surface area (Å²) in [6.07, 6.45) is 1.96. The topological polar surface area (TPSA) is 11.3 Å². The Morgan fingerprint density at radius 2 is 1.55 bits per heavy atom. The van der Waals surface area contributed by atoms with Crippen molar-refractivity contribution in [1.29, 1.82) is 0 Å². The van der Waals surface area contributed by atoms with Gasteiger partial charge in [-0.05, 0) is 12.5 Å². The zero-order valence-corrected chi connectivity index (χ0v) is 7.48. The minimum absolute atomic E-state index is 0.981. The molecule has 1 aromatic heterocycles. The molecule has 0 saturated carbocycles. The van der Waals surface area contributed by atoms with Crippen LogP contribution in [0.15, 0.2) is 16.5 Å². The lowest BCUT2D eigenvalue weighted by Gasteiger charge is -1.89. The minimum Gasteiger partial charge on any atom is -0.218 e. The molecule has 1 heteroatoms. The second-order valence-electron chi connectivity index (χ2n) is 2.77. The molecule has 0 bridgehead atoms. The van der Waals surface area contributed by atoms with Gasteiger partial charge in [0.25, 0.3) is 0 Å². The third-order valence-corrected chi connectivity index (χ3v) is 1.74. The van der Waals surface area contributed by atoms with E-state index in [0.717, 1.165) is 24.4 Å². The van der Waals surface area contributed by atoms with E-state index < -0.39 is 0 Å². The van der Waals surface area contributed by atoms with E-state index >= 15 is 0 Å². The van der Waals surface area contributed by atoms with Crippen molar-refractivity contribution >= 4 is 0 Å². The van der Waals surface area contributed by atoms with Crippen LogP contribution in [0.25, 0.3) is 0 Å². The van der Waals surface area contributed by atoms with Crippen molar-refractivity contribution in [2.24, 2.45) is 0 Å². The van der Waals surface area contributed by atoms with Crippen LogP contribution in [0.5, 0.6) is 0 Å². The molecule has 0 radical (unpaired) electrons. The first-order chi connectivity index (χ1) is 5.26. The molecule has 0 aromatic carbocycles. The molecular formula is C10H15O+. The average Bonchev–Trinajstić information content (AvgIpc) is 2.03. The Bertz CT molecular complexity index is 218. The van der Waals surface area contributed by atoms with Crippen LogP contribution < -0.4 is 0 Å². The minimum atomic E-state index is 0.981. The SMILES string of the molecule is CCc1cc(C)cc(CC)[o+]1. The van der Waals surface area contributed by atoms with Crippen LogP contribution in [0.2, 0.25) is 0 Å². The maximum Gasteiger partial charge on any atom is 0.329 e. The summed E-state index contributed by atoms with van der Waals surface area (Å²) >= 11 is 0. The van der Waals surface area contributed by atoms with Crippen LogP contribution in [0.4, 0.5) is 0 Å². The molecule has 0 atom stereocenters. The zero-order valence-electron chi connectivity index (χ0n) is 7.48. The van der Waals surface area contributed by atoms with Crippen LogP contribution >= 0.6 is 0 Å².